The van der Waals surface area contributed by atoms with Gasteiger partial charge in [0.2, 0.25) is 0 Å². The summed E-state index contributed by atoms with van der Waals surface area (Å²) < 4.78 is 4.88. The van der Waals surface area contributed by atoms with Gasteiger partial charge in [-0.1, -0.05) is 26.7 Å². The average molecular weight is 308 g/mol. The second-order valence-electron chi connectivity index (χ2n) is 5.66. The van der Waals surface area contributed by atoms with Crippen LogP contribution in [0, 0.1) is 5.92 Å². The molecule has 1 heterocycles. The molecule has 122 valence electrons. The Morgan fingerprint density at radius 3 is 2.55 bits per heavy atom. The van der Waals surface area contributed by atoms with Gasteiger partial charge in [0.05, 0.1) is 0 Å². The molecule has 3 N–H and O–H groups in total. The minimum atomic E-state index is -0.756. The molecular formula is C15H24N4O3. The number of nitrogens with zero attached hydrogens (tertiary/aromatic N) is 2. The van der Waals surface area contributed by atoms with Gasteiger partial charge < -0.3 is 15.8 Å². The minimum Gasteiger partial charge on any atom is -0.451 e. The highest BCUT2D eigenvalue weighted by molar-refractivity contribution is 5.93. The number of anilines is 1. The van der Waals surface area contributed by atoms with Crippen LogP contribution in [0.1, 0.15) is 50.5 Å². The number of hydrogen-bond acceptors (Lipinski definition) is 6. The van der Waals surface area contributed by atoms with Crippen molar-refractivity contribution in [1.29, 1.82) is 0 Å². The van der Waals surface area contributed by atoms with Crippen LogP contribution in [0.3, 0.4) is 0 Å². The van der Waals surface area contributed by atoms with Crippen molar-refractivity contribution in [2.75, 3.05) is 12.3 Å². The molecule has 1 aromatic rings. The third-order valence-electron chi connectivity index (χ3n) is 3.08. The molecule has 0 saturated carbocycles. The maximum atomic E-state index is 11.7. The Morgan fingerprint density at radius 2 is 1.91 bits per heavy atom. The molecule has 22 heavy (non-hydrogen) atoms. The predicted octanol–water partition coefficient (Wildman–Crippen LogP) is 1.55. The van der Waals surface area contributed by atoms with Gasteiger partial charge in [-0.05, 0) is 19.3 Å². The van der Waals surface area contributed by atoms with Gasteiger partial charge in [0.15, 0.2) is 18.1 Å². The summed E-state index contributed by atoms with van der Waals surface area (Å²) in [6, 6.07) is 0.0477. The van der Waals surface area contributed by atoms with Gasteiger partial charge in [-0.25, -0.2) is 14.8 Å². The summed E-state index contributed by atoms with van der Waals surface area (Å²) in [5.41, 5.74) is 5.43. The van der Waals surface area contributed by atoms with Crippen LogP contribution in [0.5, 0.6) is 0 Å². The van der Waals surface area contributed by atoms with Gasteiger partial charge in [-0.3, -0.25) is 4.79 Å². The fraction of sp³-hybridized carbons (Fsp3) is 0.600. The first-order valence-corrected chi connectivity index (χ1v) is 7.43. The third kappa shape index (κ3) is 6.51. The number of carbonyl (C=O) groups excluding carboxylic acids is 2. The molecule has 0 bridgehead atoms. The van der Waals surface area contributed by atoms with Crippen LogP contribution in [0.2, 0.25) is 0 Å². The van der Waals surface area contributed by atoms with E-state index in [1.54, 1.807) is 0 Å². The van der Waals surface area contributed by atoms with E-state index in [9.17, 15) is 9.59 Å². The summed E-state index contributed by atoms with van der Waals surface area (Å²) in [6.07, 6.45) is 5.78. The van der Waals surface area contributed by atoms with Gasteiger partial charge in [0.1, 0.15) is 0 Å². The van der Waals surface area contributed by atoms with E-state index in [2.05, 4.69) is 29.1 Å². The van der Waals surface area contributed by atoms with E-state index >= 15 is 0 Å². The van der Waals surface area contributed by atoms with Gasteiger partial charge in [0.25, 0.3) is 5.91 Å². The van der Waals surface area contributed by atoms with Crippen molar-refractivity contribution in [3.8, 4) is 0 Å². The topological polar surface area (TPSA) is 107 Å². The molecule has 1 amide bonds. The molecule has 0 radical (unpaired) electrons. The fourth-order valence-corrected chi connectivity index (χ4v) is 1.93. The standard InChI is InChI=1S/C15H24N4O3/c1-10(2)5-4-6-11(3)19-12(20)9-22-15(21)13-14(16)18-8-7-17-13/h7-8,10-11H,4-6,9H2,1-3H3,(H2,16,18)(H,19,20). The number of amides is 1. The van der Waals surface area contributed by atoms with Crippen molar-refractivity contribution in [2.45, 2.75) is 46.1 Å². The van der Waals surface area contributed by atoms with E-state index in [1.807, 2.05) is 6.92 Å². The molecule has 1 unspecified atom stereocenters. The zero-order valence-electron chi connectivity index (χ0n) is 13.3. The van der Waals surface area contributed by atoms with Crippen LogP contribution in [-0.2, 0) is 9.53 Å². The Hall–Kier alpha value is -2.18. The van der Waals surface area contributed by atoms with E-state index in [1.165, 1.54) is 12.4 Å². The largest absolute Gasteiger partial charge is 0.451 e. The van der Waals surface area contributed by atoms with E-state index in [0.29, 0.717) is 5.92 Å². The number of nitrogens with one attached hydrogen (secondary N) is 1. The Kier molecular flexibility index (Phi) is 7.28. The van der Waals surface area contributed by atoms with Gasteiger partial charge in [0, 0.05) is 18.4 Å². The van der Waals surface area contributed by atoms with Crippen molar-refractivity contribution in [3.05, 3.63) is 18.1 Å². The van der Waals surface area contributed by atoms with E-state index < -0.39 is 5.97 Å². The first-order valence-electron chi connectivity index (χ1n) is 7.43. The second kappa shape index (κ2) is 8.96. The highest BCUT2D eigenvalue weighted by atomic mass is 16.5. The number of aromatic nitrogens is 2. The summed E-state index contributed by atoms with van der Waals surface area (Å²) in [7, 11) is 0. The summed E-state index contributed by atoms with van der Waals surface area (Å²) in [5.74, 6) is -0.461. The summed E-state index contributed by atoms with van der Waals surface area (Å²) >= 11 is 0. The Balaban J connectivity index is 2.31. The van der Waals surface area contributed by atoms with Crippen LogP contribution in [0.4, 0.5) is 5.82 Å². The molecular weight excluding hydrogens is 284 g/mol. The van der Waals surface area contributed by atoms with E-state index in [0.717, 1.165) is 19.3 Å². The highest BCUT2D eigenvalue weighted by Crippen LogP contribution is 2.08. The average Bonchev–Trinajstić information content (AvgIpc) is 2.44. The molecule has 0 aliphatic carbocycles. The Labute approximate surface area is 130 Å². The Bertz CT molecular complexity index is 505. The number of hydrogen-bond donors (Lipinski definition) is 2. The maximum Gasteiger partial charge on any atom is 0.361 e. The van der Waals surface area contributed by atoms with Crippen molar-refractivity contribution in [2.24, 2.45) is 5.92 Å². The Morgan fingerprint density at radius 1 is 1.23 bits per heavy atom. The molecule has 1 atom stereocenters. The second-order valence-corrected chi connectivity index (χ2v) is 5.66. The van der Waals surface area contributed by atoms with Crippen molar-refractivity contribution < 1.29 is 14.3 Å². The molecule has 0 aromatic carbocycles. The number of ether oxygens (including phenoxy) is 1. The lowest BCUT2D eigenvalue weighted by Crippen LogP contribution is -2.36. The molecule has 0 aliphatic rings. The van der Waals surface area contributed by atoms with Crippen molar-refractivity contribution in [3.63, 3.8) is 0 Å². The van der Waals surface area contributed by atoms with Gasteiger partial charge >= 0.3 is 5.97 Å². The van der Waals surface area contributed by atoms with Crippen molar-refractivity contribution >= 4 is 17.7 Å². The lowest BCUT2D eigenvalue weighted by Gasteiger charge is -2.14. The summed E-state index contributed by atoms with van der Waals surface area (Å²) in [6.45, 7) is 5.91. The van der Waals surface area contributed by atoms with Crippen LogP contribution in [0.15, 0.2) is 12.4 Å². The third-order valence-corrected chi connectivity index (χ3v) is 3.08. The quantitative estimate of drug-likeness (QED) is 0.705. The van der Waals surface area contributed by atoms with Crippen LogP contribution >= 0.6 is 0 Å². The molecule has 1 rings (SSSR count). The van der Waals surface area contributed by atoms with Crippen LogP contribution < -0.4 is 11.1 Å². The summed E-state index contributed by atoms with van der Waals surface area (Å²) in [4.78, 5) is 31.0. The lowest BCUT2D eigenvalue weighted by atomic mass is 10.0. The van der Waals surface area contributed by atoms with Crippen LogP contribution in [-0.4, -0.2) is 34.5 Å². The molecule has 0 fully saturated rings. The number of carbonyl (C=O) groups is 2. The van der Waals surface area contributed by atoms with E-state index in [4.69, 9.17) is 10.5 Å². The molecule has 7 heteroatoms. The highest BCUT2D eigenvalue weighted by Gasteiger charge is 2.16. The first kappa shape index (κ1) is 17.9. The first-order chi connectivity index (χ1) is 10.4. The van der Waals surface area contributed by atoms with Crippen LogP contribution in [0.25, 0.3) is 0 Å². The molecule has 0 saturated heterocycles. The molecule has 0 aliphatic heterocycles. The zero-order valence-corrected chi connectivity index (χ0v) is 13.3. The van der Waals surface area contributed by atoms with Crippen molar-refractivity contribution in [1.82, 2.24) is 15.3 Å². The summed E-state index contributed by atoms with van der Waals surface area (Å²) in [5, 5.41) is 2.79. The lowest BCUT2D eigenvalue weighted by molar-refractivity contribution is -0.124. The predicted molar refractivity (Wildman–Crippen MR) is 83.0 cm³/mol. The zero-order chi connectivity index (χ0) is 16.5. The number of esters is 1. The maximum absolute atomic E-state index is 11.7. The fourth-order valence-electron chi connectivity index (χ4n) is 1.93. The molecule has 7 nitrogen and oxygen atoms in total. The van der Waals surface area contributed by atoms with E-state index in [-0.39, 0.29) is 30.1 Å². The number of nitrogens with two attached hydrogens (primary N) is 1. The normalized spacial score (nSPS) is 12.0. The number of rotatable bonds is 8. The number of nitrogen functional groups attached to an aromatic ring is 1. The molecule has 1 aromatic heterocycles. The SMILES string of the molecule is CC(C)CCCC(C)NC(=O)COC(=O)c1nccnc1N. The minimum absolute atomic E-state index is 0.0186. The molecule has 0 spiro atoms. The van der Waals surface area contributed by atoms with Gasteiger partial charge in [-0.2, -0.15) is 0 Å². The smallest absolute Gasteiger partial charge is 0.361 e. The monoisotopic (exact) mass is 308 g/mol. The van der Waals surface area contributed by atoms with Gasteiger partial charge in [-0.15, -0.1) is 0 Å².